The number of morpholine rings is 1. The Labute approximate surface area is 242 Å². The standard InChI is InChI=1S/C33H42N6O2/c1-23-19-38(20-24(2)41-23)31(40)22-39-29-12-4-3-11-26(29)27-14-17-35-28(33(27)39)21-37(18-6-5-15-34)30-13-7-9-25-10-8-16-36-32(25)30/h3-4,8,10-12,14,16-17,23-24,30H,5-7,9,13,15,18-22,34H2,1-2H3/t23-,24+,30?. The monoisotopic (exact) mass is 554 g/mol. The van der Waals surface area contributed by atoms with Crippen LogP contribution in [0.25, 0.3) is 21.8 Å². The molecule has 1 aromatic carbocycles. The zero-order valence-electron chi connectivity index (χ0n) is 24.3. The number of unbranched alkanes of at least 4 members (excludes halogenated alkanes) is 1. The molecule has 1 amide bonds. The Kier molecular flexibility index (Phi) is 8.32. The maximum Gasteiger partial charge on any atom is 0.242 e. The van der Waals surface area contributed by atoms with Crippen LogP contribution in [0.3, 0.4) is 0 Å². The Hall–Kier alpha value is -3.33. The highest BCUT2D eigenvalue weighted by atomic mass is 16.5. The van der Waals surface area contributed by atoms with Crippen molar-refractivity contribution in [3.63, 3.8) is 0 Å². The fourth-order valence-corrected chi connectivity index (χ4v) is 6.91. The third kappa shape index (κ3) is 5.73. The van der Waals surface area contributed by atoms with Gasteiger partial charge in [0.25, 0.3) is 0 Å². The highest BCUT2D eigenvalue weighted by Gasteiger charge is 2.30. The van der Waals surface area contributed by atoms with Gasteiger partial charge in [-0.15, -0.1) is 0 Å². The van der Waals surface area contributed by atoms with Crippen molar-refractivity contribution in [2.45, 2.75) is 77.3 Å². The summed E-state index contributed by atoms with van der Waals surface area (Å²) in [5.41, 5.74) is 11.6. The third-order valence-electron chi connectivity index (χ3n) is 8.68. The van der Waals surface area contributed by atoms with Gasteiger partial charge in [0, 0.05) is 48.3 Å². The van der Waals surface area contributed by atoms with Gasteiger partial charge >= 0.3 is 0 Å². The maximum atomic E-state index is 13.7. The minimum Gasteiger partial charge on any atom is -0.372 e. The summed E-state index contributed by atoms with van der Waals surface area (Å²) in [4.78, 5) is 28.1. The first-order chi connectivity index (χ1) is 20.0. The van der Waals surface area contributed by atoms with E-state index in [0.717, 1.165) is 66.1 Å². The van der Waals surface area contributed by atoms with Crippen LogP contribution in [0, 0.1) is 0 Å². The van der Waals surface area contributed by atoms with Crippen LogP contribution in [0.4, 0.5) is 0 Å². The van der Waals surface area contributed by atoms with E-state index in [0.29, 0.717) is 26.2 Å². The predicted molar refractivity (Wildman–Crippen MR) is 162 cm³/mol. The molecule has 1 aliphatic heterocycles. The van der Waals surface area contributed by atoms with Crippen molar-refractivity contribution in [1.82, 2.24) is 24.3 Å². The van der Waals surface area contributed by atoms with Crippen LogP contribution in [0.5, 0.6) is 0 Å². The van der Waals surface area contributed by atoms with Crippen molar-refractivity contribution in [2.24, 2.45) is 5.73 Å². The third-order valence-corrected chi connectivity index (χ3v) is 8.68. The molecule has 3 atom stereocenters. The molecule has 2 aliphatic rings. The minimum absolute atomic E-state index is 0.0344. The van der Waals surface area contributed by atoms with E-state index < -0.39 is 0 Å². The van der Waals surface area contributed by atoms with E-state index in [2.05, 4.69) is 45.9 Å². The van der Waals surface area contributed by atoms with Gasteiger partial charge in [0.15, 0.2) is 0 Å². The molecule has 0 spiro atoms. The van der Waals surface area contributed by atoms with Crippen molar-refractivity contribution in [3.8, 4) is 0 Å². The summed E-state index contributed by atoms with van der Waals surface area (Å²) in [6, 6.07) is 15.0. The van der Waals surface area contributed by atoms with Gasteiger partial charge in [0.1, 0.15) is 6.54 Å². The molecule has 6 rings (SSSR count). The molecule has 0 bridgehead atoms. The lowest BCUT2D eigenvalue weighted by atomic mass is 9.90. The molecular weight excluding hydrogens is 512 g/mol. The molecule has 1 saturated heterocycles. The summed E-state index contributed by atoms with van der Waals surface area (Å²) >= 11 is 0. The SMILES string of the molecule is C[C@@H]1CN(C(=O)Cn2c3ccccc3c3ccnc(CN(CCCCN)C4CCCc5cccnc54)c32)C[C@H](C)O1. The minimum atomic E-state index is 0.0344. The fourth-order valence-electron chi connectivity index (χ4n) is 6.91. The largest absolute Gasteiger partial charge is 0.372 e. The number of carbonyl (C=O) groups is 1. The van der Waals surface area contributed by atoms with Crippen LogP contribution in [0.1, 0.15) is 62.5 Å². The van der Waals surface area contributed by atoms with Crippen molar-refractivity contribution >= 4 is 27.7 Å². The molecule has 1 fully saturated rings. The van der Waals surface area contributed by atoms with Gasteiger partial charge in [-0.1, -0.05) is 24.3 Å². The summed E-state index contributed by atoms with van der Waals surface area (Å²) in [6.45, 7) is 7.91. The molecule has 216 valence electrons. The number of nitrogens with zero attached hydrogens (tertiary/aromatic N) is 5. The molecule has 1 aliphatic carbocycles. The van der Waals surface area contributed by atoms with Crippen LogP contribution in [-0.4, -0.2) is 68.6 Å². The van der Waals surface area contributed by atoms with Crippen LogP contribution < -0.4 is 5.73 Å². The average molecular weight is 555 g/mol. The van der Waals surface area contributed by atoms with E-state index in [-0.39, 0.29) is 30.7 Å². The molecule has 2 N–H and O–H groups in total. The first-order valence-electron chi connectivity index (χ1n) is 15.2. The molecule has 41 heavy (non-hydrogen) atoms. The smallest absolute Gasteiger partial charge is 0.242 e. The molecule has 3 aromatic heterocycles. The number of para-hydroxylation sites is 1. The number of hydrogen-bond donors (Lipinski definition) is 1. The topological polar surface area (TPSA) is 89.5 Å². The Morgan fingerprint density at radius 2 is 1.85 bits per heavy atom. The second-order valence-electron chi connectivity index (χ2n) is 11.7. The number of aryl methyl sites for hydroxylation is 1. The van der Waals surface area contributed by atoms with E-state index >= 15 is 0 Å². The van der Waals surface area contributed by atoms with Crippen LogP contribution >= 0.6 is 0 Å². The summed E-state index contributed by atoms with van der Waals surface area (Å²) in [5.74, 6) is 0.120. The lowest BCUT2D eigenvalue weighted by molar-refractivity contribution is -0.143. The lowest BCUT2D eigenvalue weighted by Crippen LogP contribution is -2.49. The number of hydrogen-bond acceptors (Lipinski definition) is 6. The number of fused-ring (bicyclic) bond motifs is 4. The van der Waals surface area contributed by atoms with Gasteiger partial charge in [-0.3, -0.25) is 19.7 Å². The number of aromatic nitrogens is 3. The van der Waals surface area contributed by atoms with Gasteiger partial charge < -0.3 is 19.9 Å². The molecule has 1 unspecified atom stereocenters. The molecule has 8 nitrogen and oxygen atoms in total. The summed E-state index contributed by atoms with van der Waals surface area (Å²) in [7, 11) is 0. The maximum absolute atomic E-state index is 13.7. The molecule has 8 heteroatoms. The normalized spacial score (nSPS) is 21.1. The van der Waals surface area contributed by atoms with Crippen molar-refractivity contribution in [3.05, 3.63) is 71.8 Å². The Morgan fingerprint density at radius 3 is 2.68 bits per heavy atom. The quantitative estimate of drug-likeness (QED) is 0.298. The van der Waals surface area contributed by atoms with Crippen molar-refractivity contribution in [1.29, 1.82) is 0 Å². The number of nitrogens with two attached hydrogens (primary N) is 1. The number of ether oxygens (including phenoxy) is 1. The number of rotatable bonds is 9. The van der Waals surface area contributed by atoms with Gasteiger partial charge in [0.2, 0.25) is 5.91 Å². The number of carbonyl (C=O) groups excluding carboxylic acids is 1. The average Bonchev–Trinajstić information content (AvgIpc) is 3.30. The van der Waals surface area contributed by atoms with Crippen LogP contribution in [0.2, 0.25) is 0 Å². The molecular formula is C33H42N6O2. The van der Waals surface area contributed by atoms with Crippen molar-refractivity contribution in [2.75, 3.05) is 26.2 Å². The number of pyridine rings is 2. The Bertz CT molecular complexity index is 1510. The predicted octanol–water partition coefficient (Wildman–Crippen LogP) is 4.84. The van der Waals surface area contributed by atoms with E-state index in [9.17, 15) is 4.79 Å². The molecule has 4 heterocycles. The van der Waals surface area contributed by atoms with E-state index in [1.165, 1.54) is 11.3 Å². The Morgan fingerprint density at radius 1 is 1.02 bits per heavy atom. The molecule has 0 saturated carbocycles. The summed E-state index contributed by atoms with van der Waals surface area (Å²) in [5, 5.41) is 2.30. The second-order valence-corrected chi connectivity index (χ2v) is 11.7. The first kappa shape index (κ1) is 27.8. The summed E-state index contributed by atoms with van der Waals surface area (Å²) < 4.78 is 8.10. The van der Waals surface area contributed by atoms with Gasteiger partial charge in [-0.25, -0.2) is 0 Å². The summed E-state index contributed by atoms with van der Waals surface area (Å²) in [6.07, 6.45) is 9.24. The van der Waals surface area contributed by atoms with Crippen LogP contribution in [-0.2, 0) is 29.0 Å². The van der Waals surface area contributed by atoms with E-state index in [1.54, 1.807) is 0 Å². The van der Waals surface area contributed by atoms with Gasteiger partial charge in [-0.05, 0) is 82.8 Å². The van der Waals surface area contributed by atoms with Gasteiger partial charge in [-0.2, -0.15) is 0 Å². The lowest BCUT2D eigenvalue weighted by Gasteiger charge is -2.36. The molecule has 0 radical (unpaired) electrons. The zero-order valence-corrected chi connectivity index (χ0v) is 24.3. The van der Waals surface area contributed by atoms with Crippen LogP contribution in [0.15, 0.2) is 54.9 Å². The fraction of sp³-hybridized carbons (Fsp3) is 0.485. The van der Waals surface area contributed by atoms with Crippen molar-refractivity contribution < 1.29 is 9.53 Å². The first-order valence-corrected chi connectivity index (χ1v) is 15.2. The highest BCUT2D eigenvalue weighted by molar-refractivity contribution is 6.09. The molecule has 4 aromatic rings. The Balaban J connectivity index is 1.39. The van der Waals surface area contributed by atoms with Gasteiger partial charge in [0.05, 0.1) is 35.2 Å². The highest BCUT2D eigenvalue weighted by Crippen LogP contribution is 2.36. The van der Waals surface area contributed by atoms with E-state index in [1.807, 2.05) is 37.2 Å². The zero-order chi connectivity index (χ0) is 28.3. The second kappa shape index (κ2) is 12.3. The number of benzene rings is 1. The van der Waals surface area contributed by atoms with E-state index in [4.69, 9.17) is 20.4 Å². The number of amides is 1.